The molecule has 0 radical (unpaired) electrons. The van der Waals surface area contributed by atoms with E-state index in [-0.39, 0.29) is 35.8 Å². The smallest absolute Gasteiger partial charge is 0.225 e. The van der Waals surface area contributed by atoms with Gasteiger partial charge >= 0.3 is 0 Å². The molecule has 0 fully saturated rings. The number of fused-ring (bicyclic) bond motifs is 2. The summed E-state index contributed by atoms with van der Waals surface area (Å²) < 4.78 is 2.08. The Hall–Kier alpha value is -2.62. The number of aryl methyl sites for hydroxylation is 1. The van der Waals surface area contributed by atoms with Crippen molar-refractivity contribution in [1.82, 2.24) is 20.2 Å². The predicted octanol–water partition coefficient (Wildman–Crippen LogP) is 2.98. The summed E-state index contributed by atoms with van der Waals surface area (Å²) in [4.78, 5) is 21.0. The summed E-state index contributed by atoms with van der Waals surface area (Å²) in [6, 6.07) is 16.0. The second-order valence-electron chi connectivity index (χ2n) is 6.92. The highest BCUT2D eigenvalue weighted by molar-refractivity contribution is 14.0. The van der Waals surface area contributed by atoms with Gasteiger partial charge in [-0.3, -0.25) is 9.79 Å². The molecular weight excluding hydrogens is 479 g/mol. The Morgan fingerprint density at radius 1 is 1.21 bits per heavy atom. The minimum absolute atomic E-state index is 0. The SMILES string of the molecule is CN=C(NCc1nc2ccccc2n1C)NCC1CC(=O)Nc2ccccc21.I. The second-order valence-corrected chi connectivity index (χ2v) is 6.92. The first-order valence-electron chi connectivity index (χ1n) is 9.39. The minimum Gasteiger partial charge on any atom is -0.356 e. The van der Waals surface area contributed by atoms with E-state index in [2.05, 4.69) is 42.6 Å². The summed E-state index contributed by atoms with van der Waals surface area (Å²) in [5, 5.41) is 9.60. The van der Waals surface area contributed by atoms with E-state index in [0.717, 1.165) is 28.1 Å². The topological polar surface area (TPSA) is 83.3 Å². The Balaban J connectivity index is 0.00000240. The molecule has 4 rings (SSSR count). The van der Waals surface area contributed by atoms with Crippen LogP contribution in [0, 0.1) is 0 Å². The van der Waals surface area contributed by atoms with Gasteiger partial charge in [-0.1, -0.05) is 30.3 Å². The average molecular weight is 504 g/mol. The van der Waals surface area contributed by atoms with Gasteiger partial charge in [0.25, 0.3) is 0 Å². The number of amides is 1. The van der Waals surface area contributed by atoms with Crippen LogP contribution >= 0.6 is 24.0 Å². The highest BCUT2D eigenvalue weighted by Crippen LogP contribution is 2.31. The zero-order chi connectivity index (χ0) is 19.5. The van der Waals surface area contributed by atoms with Crippen LogP contribution in [-0.4, -0.2) is 35.0 Å². The van der Waals surface area contributed by atoms with Crippen molar-refractivity contribution in [3.63, 3.8) is 0 Å². The lowest BCUT2D eigenvalue weighted by Crippen LogP contribution is -2.40. The molecule has 1 amide bonds. The van der Waals surface area contributed by atoms with Gasteiger partial charge in [-0.05, 0) is 23.8 Å². The van der Waals surface area contributed by atoms with Crippen LogP contribution < -0.4 is 16.0 Å². The van der Waals surface area contributed by atoms with Crippen LogP contribution in [0.2, 0.25) is 0 Å². The average Bonchev–Trinajstić information content (AvgIpc) is 3.04. The summed E-state index contributed by atoms with van der Waals surface area (Å²) in [6.07, 6.45) is 0.464. The molecule has 8 heteroatoms. The van der Waals surface area contributed by atoms with E-state index < -0.39 is 0 Å². The van der Waals surface area contributed by atoms with Crippen molar-refractivity contribution in [1.29, 1.82) is 0 Å². The van der Waals surface area contributed by atoms with Crippen molar-refractivity contribution >= 4 is 52.6 Å². The fourth-order valence-corrected chi connectivity index (χ4v) is 3.64. The molecule has 0 saturated heterocycles. The summed E-state index contributed by atoms with van der Waals surface area (Å²) in [6.45, 7) is 1.19. The van der Waals surface area contributed by atoms with Crippen LogP contribution in [0.15, 0.2) is 53.5 Å². The normalized spacial score (nSPS) is 16.0. The van der Waals surface area contributed by atoms with E-state index in [1.807, 2.05) is 43.4 Å². The van der Waals surface area contributed by atoms with E-state index in [4.69, 9.17) is 0 Å². The number of benzene rings is 2. The van der Waals surface area contributed by atoms with Crippen LogP contribution in [0.5, 0.6) is 0 Å². The van der Waals surface area contributed by atoms with E-state index in [1.54, 1.807) is 7.05 Å². The van der Waals surface area contributed by atoms with Crippen LogP contribution in [0.1, 0.15) is 23.7 Å². The zero-order valence-corrected chi connectivity index (χ0v) is 18.8. The number of guanidine groups is 1. The minimum atomic E-state index is 0. The number of hydrogen-bond donors (Lipinski definition) is 3. The van der Waals surface area contributed by atoms with Crippen LogP contribution in [0.25, 0.3) is 11.0 Å². The van der Waals surface area contributed by atoms with Crippen molar-refractivity contribution in [2.24, 2.45) is 12.0 Å². The molecule has 29 heavy (non-hydrogen) atoms. The lowest BCUT2D eigenvalue weighted by atomic mass is 9.90. The third-order valence-corrected chi connectivity index (χ3v) is 5.14. The third kappa shape index (κ3) is 4.52. The maximum absolute atomic E-state index is 12.0. The molecule has 152 valence electrons. The number of hydrogen-bond acceptors (Lipinski definition) is 3. The molecule has 3 aromatic rings. The van der Waals surface area contributed by atoms with Gasteiger partial charge < -0.3 is 20.5 Å². The summed E-state index contributed by atoms with van der Waals surface area (Å²) in [5.74, 6) is 1.79. The quantitative estimate of drug-likeness (QED) is 0.290. The first-order valence-corrected chi connectivity index (χ1v) is 9.39. The van der Waals surface area contributed by atoms with Gasteiger partial charge in [0.2, 0.25) is 5.91 Å². The number of nitrogens with one attached hydrogen (secondary N) is 3. The Morgan fingerprint density at radius 3 is 2.76 bits per heavy atom. The summed E-state index contributed by atoms with van der Waals surface area (Å²) >= 11 is 0. The molecular formula is C21H25IN6O. The van der Waals surface area contributed by atoms with Crippen molar-refractivity contribution in [3.8, 4) is 0 Å². The highest BCUT2D eigenvalue weighted by atomic mass is 127. The zero-order valence-electron chi connectivity index (χ0n) is 16.5. The van der Waals surface area contributed by atoms with Gasteiger partial charge in [0.1, 0.15) is 5.82 Å². The van der Waals surface area contributed by atoms with Gasteiger partial charge in [0.05, 0.1) is 17.6 Å². The lowest BCUT2D eigenvalue weighted by molar-refractivity contribution is -0.116. The number of carbonyl (C=O) groups excluding carboxylic acids is 1. The fraction of sp³-hybridized carbons (Fsp3) is 0.286. The van der Waals surface area contributed by atoms with Gasteiger partial charge in [0, 0.05) is 38.7 Å². The molecule has 2 aromatic carbocycles. The molecule has 1 aliphatic rings. The molecule has 1 unspecified atom stereocenters. The Morgan fingerprint density at radius 2 is 1.97 bits per heavy atom. The number of halogens is 1. The van der Waals surface area contributed by atoms with Gasteiger partial charge in [-0.25, -0.2) is 4.98 Å². The van der Waals surface area contributed by atoms with E-state index >= 15 is 0 Å². The van der Waals surface area contributed by atoms with Crippen molar-refractivity contribution in [2.45, 2.75) is 18.9 Å². The number of nitrogens with zero attached hydrogens (tertiary/aromatic N) is 3. The number of aliphatic imine (C=N–C) groups is 1. The molecule has 0 aliphatic carbocycles. The third-order valence-electron chi connectivity index (χ3n) is 5.14. The van der Waals surface area contributed by atoms with Gasteiger partial charge in [-0.2, -0.15) is 0 Å². The number of aromatic nitrogens is 2. The van der Waals surface area contributed by atoms with Crippen LogP contribution in [-0.2, 0) is 18.4 Å². The number of carbonyl (C=O) groups is 1. The van der Waals surface area contributed by atoms with Gasteiger partial charge in [0.15, 0.2) is 5.96 Å². The summed E-state index contributed by atoms with van der Waals surface area (Å²) in [7, 11) is 3.76. The molecule has 0 bridgehead atoms. The fourth-order valence-electron chi connectivity index (χ4n) is 3.64. The van der Waals surface area contributed by atoms with Gasteiger partial charge in [-0.15, -0.1) is 24.0 Å². The lowest BCUT2D eigenvalue weighted by Gasteiger charge is -2.26. The maximum Gasteiger partial charge on any atom is 0.225 e. The number of anilines is 1. The van der Waals surface area contributed by atoms with E-state index in [0.29, 0.717) is 25.5 Å². The van der Waals surface area contributed by atoms with Crippen molar-refractivity contribution in [2.75, 3.05) is 18.9 Å². The number of rotatable bonds is 4. The molecule has 0 saturated carbocycles. The number of para-hydroxylation sites is 3. The van der Waals surface area contributed by atoms with Crippen molar-refractivity contribution in [3.05, 3.63) is 59.9 Å². The molecule has 1 aliphatic heterocycles. The molecule has 0 spiro atoms. The Kier molecular flexibility index (Phi) is 6.73. The highest BCUT2D eigenvalue weighted by Gasteiger charge is 2.24. The Bertz CT molecular complexity index is 1040. The standard InChI is InChI=1S/C21H24N6O.HI/c1-22-21(24-13-19-25-17-9-5-6-10-18(17)27(19)2)23-12-14-11-20(28)26-16-8-4-3-7-15(14)16;/h3-10,14H,11-13H2,1-2H3,(H,26,28)(H2,22,23,24);1H. The number of imidazole rings is 1. The molecule has 1 atom stereocenters. The predicted molar refractivity (Wildman–Crippen MR) is 127 cm³/mol. The van der Waals surface area contributed by atoms with Crippen molar-refractivity contribution < 1.29 is 4.79 Å². The van der Waals surface area contributed by atoms with Crippen LogP contribution in [0.4, 0.5) is 5.69 Å². The molecule has 2 heterocycles. The largest absolute Gasteiger partial charge is 0.356 e. The Labute approximate surface area is 187 Å². The maximum atomic E-state index is 12.0. The first-order chi connectivity index (χ1) is 13.7. The van der Waals surface area contributed by atoms with E-state index in [1.165, 1.54) is 0 Å². The van der Waals surface area contributed by atoms with E-state index in [9.17, 15) is 4.79 Å². The molecule has 3 N–H and O–H groups in total. The van der Waals surface area contributed by atoms with Crippen LogP contribution in [0.3, 0.4) is 0 Å². The summed E-state index contributed by atoms with van der Waals surface area (Å²) in [5.41, 5.74) is 4.13. The molecule has 1 aromatic heterocycles. The monoisotopic (exact) mass is 504 g/mol. The first kappa shape index (κ1) is 21.1. The second kappa shape index (κ2) is 9.25. The molecule has 7 nitrogen and oxygen atoms in total.